The van der Waals surface area contributed by atoms with Gasteiger partial charge in [0, 0.05) is 12.2 Å². The molecule has 1 heterocycles. The van der Waals surface area contributed by atoms with Crippen LogP contribution in [0.5, 0.6) is 0 Å². The topological polar surface area (TPSA) is 70.1 Å². The van der Waals surface area contributed by atoms with Gasteiger partial charge in [0.25, 0.3) is 0 Å². The summed E-state index contributed by atoms with van der Waals surface area (Å²) in [5, 5.41) is 4.46. The van der Waals surface area contributed by atoms with E-state index in [1.165, 1.54) is 0 Å². The Morgan fingerprint density at radius 3 is 2.95 bits per heavy atom. The molecule has 0 aliphatic heterocycles. The van der Waals surface area contributed by atoms with Crippen LogP contribution >= 0.6 is 0 Å². The Morgan fingerprint density at radius 2 is 2.35 bits per heavy atom. The molecule has 1 aromatic heterocycles. The van der Waals surface area contributed by atoms with Gasteiger partial charge in [-0.1, -0.05) is 6.42 Å². The number of nitrogens with two attached hydrogens (primary N) is 1. The van der Waals surface area contributed by atoms with E-state index in [4.69, 9.17) is 10.5 Å². The highest BCUT2D eigenvalue weighted by molar-refractivity contribution is 5.81. The number of rotatable bonds is 5. The molecule has 2 N–H and O–H groups in total. The summed E-state index contributed by atoms with van der Waals surface area (Å²) in [6.07, 6.45) is 3.59. The highest BCUT2D eigenvalue weighted by Crippen LogP contribution is 2.37. The number of aromatic nitrogens is 2. The number of hydrogen-bond acceptors (Lipinski definition) is 4. The van der Waals surface area contributed by atoms with Crippen molar-refractivity contribution in [2.24, 2.45) is 11.7 Å². The molecule has 5 nitrogen and oxygen atoms in total. The summed E-state index contributed by atoms with van der Waals surface area (Å²) in [6, 6.07) is 2.07. The SMILES string of the molecule is CCOC(=O)C1(N)CCCC1CCn1nc(C)cc1C. The summed E-state index contributed by atoms with van der Waals surface area (Å²) in [6.45, 7) is 7.06. The molecule has 1 fully saturated rings. The summed E-state index contributed by atoms with van der Waals surface area (Å²) in [5.41, 5.74) is 7.71. The van der Waals surface area contributed by atoms with Crippen molar-refractivity contribution < 1.29 is 9.53 Å². The van der Waals surface area contributed by atoms with E-state index in [1.54, 1.807) is 0 Å². The van der Waals surface area contributed by atoms with E-state index in [2.05, 4.69) is 18.1 Å². The predicted molar refractivity (Wildman–Crippen MR) is 77.2 cm³/mol. The zero-order valence-corrected chi connectivity index (χ0v) is 12.7. The average Bonchev–Trinajstić information content (AvgIpc) is 2.91. The Morgan fingerprint density at radius 1 is 1.60 bits per heavy atom. The molecule has 1 aliphatic carbocycles. The summed E-state index contributed by atoms with van der Waals surface area (Å²) >= 11 is 0. The maximum absolute atomic E-state index is 12.1. The number of hydrogen-bond donors (Lipinski definition) is 1. The fourth-order valence-electron chi connectivity index (χ4n) is 3.22. The first-order valence-corrected chi connectivity index (χ1v) is 7.44. The van der Waals surface area contributed by atoms with Crippen molar-refractivity contribution >= 4 is 5.97 Å². The third-order valence-corrected chi connectivity index (χ3v) is 4.32. The number of ether oxygens (including phenoxy) is 1. The minimum atomic E-state index is -0.799. The van der Waals surface area contributed by atoms with Crippen LogP contribution in [-0.4, -0.2) is 27.9 Å². The molecule has 1 saturated carbocycles. The van der Waals surface area contributed by atoms with Gasteiger partial charge < -0.3 is 10.5 Å². The molecule has 1 aliphatic rings. The Kier molecular flexibility index (Phi) is 4.48. The van der Waals surface area contributed by atoms with Crippen molar-refractivity contribution in [3.8, 4) is 0 Å². The van der Waals surface area contributed by atoms with Gasteiger partial charge in [0.1, 0.15) is 5.54 Å². The van der Waals surface area contributed by atoms with Crippen molar-refractivity contribution in [3.63, 3.8) is 0 Å². The second kappa shape index (κ2) is 5.95. The Bertz CT molecular complexity index is 483. The number of aryl methyl sites for hydroxylation is 3. The summed E-state index contributed by atoms with van der Waals surface area (Å²) < 4.78 is 7.15. The maximum Gasteiger partial charge on any atom is 0.326 e. The van der Waals surface area contributed by atoms with Crippen LogP contribution in [0.25, 0.3) is 0 Å². The first-order chi connectivity index (χ1) is 9.47. The van der Waals surface area contributed by atoms with Crippen molar-refractivity contribution in [1.29, 1.82) is 0 Å². The quantitative estimate of drug-likeness (QED) is 0.836. The van der Waals surface area contributed by atoms with Crippen LogP contribution in [0.4, 0.5) is 0 Å². The molecule has 5 heteroatoms. The van der Waals surface area contributed by atoms with E-state index in [0.717, 1.165) is 43.6 Å². The van der Waals surface area contributed by atoms with Gasteiger partial charge in [-0.25, -0.2) is 0 Å². The molecule has 2 atom stereocenters. The van der Waals surface area contributed by atoms with Crippen LogP contribution in [0.15, 0.2) is 6.07 Å². The molecule has 0 saturated heterocycles. The number of nitrogens with zero attached hydrogens (tertiary/aromatic N) is 2. The normalized spacial score (nSPS) is 25.9. The Labute approximate surface area is 120 Å². The van der Waals surface area contributed by atoms with Gasteiger partial charge in [-0.05, 0) is 52.0 Å². The molecule has 0 spiro atoms. The molecule has 1 aromatic rings. The van der Waals surface area contributed by atoms with Gasteiger partial charge in [-0.3, -0.25) is 9.48 Å². The molecule has 0 bridgehead atoms. The van der Waals surface area contributed by atoms with E-state index in [9.17, 15) is 4.79 Å². The third-order valence-electron chi connectivity index (χ3n) is 4.32. The lowest BCUT2D eigenvalue weighted by Gasteiger charge is -2.29. The first kappa shape index (κ1) is 15.0. The number of carbonyl (C=O) groups is 1. The second-order valence-electron chi connectivity index (χ2n) is 5.79. The lowest BCUT2D eigenvalue weighted by Crippen LogP contribution is -2.52. The van der Waals surface area contributed by atoms with Crippen LogP contribution in [0.2, 0.25) is 0 Å². The Hall–Kier alpha value is -1.36. The van der Waals surface area contributed by atoms with Gasteiger partial charge in [-0.15, -0.1) is 0 Å². The van der Waals surface area contributed by atoms with Crippen LogP contribution in [-0.2, 0) is 16.1 Å². The fourth-order valence-corrected chi connectivity index (χ4v) is 3.22. The highest BCUT2D eigenvalue weighted by atomic mass is 16.5. The molecular formula is C15H25N3O2. The van der Waals surface area contributed by atoms with Crippen LogP contribution < -0.4 is 5.73 Å². The minimum Gasteiger partial charge on any atom is -0.465 e. The summed E-state index contributed by atoms with van der Waals surface area (Å²) in [7, 11) is 0. The highest BCUT2D eigenvalue weighted by Gasteiger charge is 2.46. The van der Waals surface area contributed by atoms with Gasteiger partial charge in [0.2, 0.25) is 0 Å². The van der Waals surface area contributed by atoms with E-state index in [1.807, 2.05) is 18.5 Å². The second-order valence-corrected chi connectivity index (χ2v) is 5.79. The minimum absolute atomic E-state index is 0.186. The third kappa shape index (κ3) is 2.87. The van der Waals surface area contributed by atoms with Gasteiger partial charge >= 0.3 is 5.97 Å². The summed E-state index contributed by atoms with van der Waals surface area (Å²) in [5.74, 6) is -0.0543. The lowest BCUT2D eigenvalue weighted by atomic mass is 9.85. The van der Waals surface area contributed by atoms with E-state index in [-0.39, 0.29) is 11.9 Å². The van der Waals surface area contributed by atoms with E-state index < -0.39 is 5.54 Å². The standard InChI is InChI=1S/C15H25N3O2/c1-4-20-14(19)15(16)8-5-6-13(15)7-9-18-12(3)10-11(2)17-18/h10,13H,4-9,16H2,1-3H3. The molecule has 112 valence electrons. The fraction of sp³-hybridized carbons (Fsp3) is 0.733. The molecule has 20 heavy (non-hydrogen) atoms. The molecule has 0 amide bonds. The number of carbonyl (C=O) groups excluding carboxylic acids is 1. The van der Waals surface area contributed by atoms with E-state index in [0.29, 0.717) is 6.61 Å². The number of esters is 1. The van der Waals surface area contributed by atoms with Crippen LogP contribution in [0, 0.1) is 19.8 Å². The predicted octanol–water partition coefficient (Wildman–Crippen LogP) is 1.95. The van der Waals surface area contributed by atoms with Crippen molar-refractivity contribution in [2.45, 2.75) is 58.5 Å². The summed E-state index contributed by atoms with van der Waals surface area (Å²) in [4.78, 5) is 12.1. The lowest BCUT2D eigenvalue weighted by molar-refractivity contribution is -0.151. The monoisotopic (exact) mass is 279 g/mol. The molecular weight excluding hydrogens is 254 g/mol. The maximum atomic E-state index is 12.1. The zero-order chi connectivity index (χ0) is 14.8. The molecule has 2 unspecified atom stereocenters. The molecule has 2 rings (SSSR count). The van der Waals surface area contributed by atoms with Gasteiger partial charge in [0.15, 0.2) is 0 Å². The van der Waals surface area contributed by atoms with Gasteiger partial charge in [-0.2, -0.15) is 5.10 Å². The zero-order valence-electron chi connectivity index (χ0n) is 12.7. The van der Waals surface area contributed by atoms with E-state index >= 15 is 0 Å². The van der Waals surface area contributed by atoms with Crippen molar-refractivity contribution in [1.82, 2.24) is 9.78 Å². The molecule has 0 radical (unpaired) electrons. The van der Waals surface area contributed by atoms with Crippen molar-refractivity contribution in [3.05, 3.63) is 17.5 Å². The van der Waals surface area contributed by atoms with Crippen LogP contribution in [0.1, 0.15) is 44.0 Å². The Balaban J connectivity index is 2.01. The van der Waals surface area contributed by atoms with Crippen molar-refractivity contribution in [2.75, 3.05) is 6.61 Å². The smallest absolute Gasteiger partial charge is 0.326 e. The first-order valence-electron chi connectivity index (χ1n) is 7.44. The largest absolute Gasteiger partial charge is 0.465 e. The van der Waals surface area contributed by atoms with Crippen LogP contribution in [0.3, 0.4) is 0 Å². The van der Waals surface area contributed by atoms with Gasteiger partial charge in [0.05, 0.1) is 12.3 Å². The molecule has 0 aromatic carbocycles. The average molecular weight is 279 g/mol.